The normalized spacial score (nSPS) is 21.8. The van der Waals surface area contributed by atoms with Crippen molar-refractivity contribution in [3.63, 3.8) is 0 Å². The van der Waals surface area contributed by atoms with Gasteiger partial charge in [-0.2, -0.15) is 0 Å². The largest absolute Gasteiger partial charge is 0.497 e. The van der Waals surface area contributed by atoms with E-state index in [0.29, 0.717) is 75.8 Å². The van der Waals surface area contributed by atoms with Gasteiger partial charge in [-0.05, 0) is 37.8 Å². The number of piperazine rings is 1. The van der Waals surface area contributed by atoms with Crippen LogP contribution in [0.1, 0.15) is 36.0 Å². The molecule has 0 saturated carbocycles. The summed E-state index contributed by atoms with van der Waals surface area (Å²) in [5.41, 5.74) is 0.517. The van der Waals surface area contributed by atoms with Gasteiger partial charge in [-0.25, -0.2) is 0 Å². The standard InChI is InChI=1S/C24H33N3O6/c1-31-19-14-18(15-20(16-19)32-2)23(29)25-7-5-17(6-8-25)22(28)26-9-11-27(12-10-26)24(30)21-4-3-13-33-21/h14-17,21H,3-13H2,1-2H3. The van der Waals surface area contributed by atoms with E-state index >= 15 is 0 Å². The molecule has 1 aromatic rings. The van der Waals surface area contributed by atoms with Gasteiger partial charge in [-0.15, -0.1) is 0 Å². The van der Waals surface area contributed by atoms with Gasteiger partial charge in [0, 0.05) is 63.4 Å². The first-order valence-corrected chi connectivity index (χ1v) is 11.7. The smallest absolute Gasteiger partial charge is 0.254 e. The van der Waals surface area contributed by atoms with Crippen LogP contribution in [-0.2, 0) is 14.3 Å². The van der Waals surface area contributed by atoms with Gasteiger partial charge in [-0.1, -0.05) is 0 Å². The Morgan fingerprint density at radius 2 is 1.36 bits per heavy atom. The SMILES string of the molecule is COc1cc(OC)cc(C(=O)N2CCC(C(=O)N3CCN(C(=O)C4CCCO4)CC3)CC2)c1. The van der Waals surface area contributed by atoms with Crippen molar-refractivity contribution in [2.24, 2.45) is 5.92 Å². The minimum Gasteiger partial charge on any atom is -0.497 e. The van der Waals surface area contributed by atoms with Crippen molar-refractivity contribution >= 4 is 17.7 Å². The molecule has 33 heavy (non-hydrogen) atoms. The third kappa shape index (κ3) is 5.24. The highest BCUT2D eigenvalue weighted by molar-refractivity contribution is 5.95. The summed E-state index contributed by atoms with van der Waals surface area (Å²) in [6.07, 6.45) is 2.69. The Labute approximate surface area is 194 Å². The molecule has 0 N–H and O–H groups in total. The van der Waals surface area contributed by atoms with Gasteiger partial charge in [0.15, 0.2) is 0 Å². The molecule has 3 saturated heterocycles. The molecule has 1 aromatic carbocycles. The van der Waals surface area contributed by atoms with Crippen molar-refractivity contribution < 1.29 is 28.6 Å². The summed E-state index contributed by atoms with van der Waals surface area (Å²) in [7, 11) is 3.11. The fraction of sp³-hybridized carbons (Fsp3) is 0.625. The highest BCUT2D eigenvalue weighted by Gasteiger charge is 2.35. The molecule has 3 heterocycles. The van der Waals surface area contributed by atoms with E-state index in [-0.39, 0.29) is 29.7 Å². The fourth-order valence-corrected chi connectivity index (χ4v) is 4.82. The van der Waals surface area contributed by atoms with Crippen LogP contribution in [-0.4, -0.2) is 98.6 Å². The van der Waals surface area contributed by atoms with Crippen molar-refractivity contribution in [3.8, 4) is 11.5 Å². The number of carbonyl (C=O) groups is 3. The number of piperidine rings is 1. The Morgan fingerprint density at radius 1 is 0.788 bits per heavy atom. The molecular weight excluding hydrogens is 426 g/mol. The van der Waals surface area contributed by atoms with E-state index in [2.05, 4.69) is 0 Å². The molecule has 4 rings (SSSR count). The number of ether oxygens (including phenoxy) is 3. The first-order chi connectivity index (χ1) is 16.0. The highest BCUT2D eigenvalue weighted by Crippen LogP contribution is 2.26. The van der Waals surface area contributed by atoms with Crippen molar-refractivity contribution in [1.82, 2.24) is 14.7 Å². The second-order valence-corrected chi connectivity index (χ2v) is 8.82. The number of rotatable bonds is 5. The summed E-state index contributed by atoms with van der Waals surface area (Å²) in [4.78, 5) is 44.1. The molecule has 3 amide bonds. The van der Waals surface area contributed by atoms with Crippen molar-refractivity contribution in [3.05, 3.63) is 23.8 Å². The van der Waals surface area contributed by atoms with Crippen molar-refractivity contribution in [2.45, 2.75) is 31.8 Å². The second-order valence-electron chi connectivity index (χ2n) is 8.82. The van der Waals surface area contributed by atoms with E-state index in [1.54, 1.807) is 37.3 Å². The summed E-state index contributed by atoms with van der Waals surface area (Å²) >= 11 is 0. The van der Waals surface area contributed by atoms with Gasteiger partial charge < -0.3 is 28.9 Å². The maximum absolute atomic E-state index is 13.1. The number of methoxy groups -OCH3 is 2. The van der Waals surface area contributed by atoms with E-state index in [1.165, 1.54) is 0 Å². The van der Waals surface area contributed by atoms with Crippen LogP contribution in [0.4, 0.5) is 0 Å². The predicted molar refractivity (Wildman–Crippen MR) is 120 cm³/mol. The van der Waals surface area contributed by atoms with Crippen LogP contribution < -0.4 is 9.47 Å². The van der Waals surface area contributed by atoms with Crippen LogP contribution in [0, 0.1) is 5.92 Å². The third-order valence-corrected chi connectivity index (χ3v) is 6.84. The van der Waals surface area contributed by atoms with Gasteiger partial charge in [0.2, 0.25) is 5.91 Å². The van der Waals surface area contributed by atoms with Crippen LogP contribution in [0.3, 0.4) is 0 Å². The molecule has 3 fully saturated rings. The molecule has 9 nitrogen and oxygen atoms in total. The number of likely N-dealkylation sites (tertiary alicyclic amines) is 1. The predicted octanol–water partition coefficient (Wildman–Crippen LogP) is 1.41. The summed E-state index contributed by atoms with van der Waals surface area (Å²) < 4.78 is 16.0. The van der Waals surface area contributed by atoms with E-state index in [4.69, 9.17) is 14.2 Å². The number of amides is 3. The molecule has 1 unspecified atom stereocenters. The zero-order valence-corrected chi connectivity index (χ0v) is 19.5. The van der Waals surface area contributed by atoms with Crippen LogP contribution in [0.25, 0.3) is 0 Å². The van der Waals surface area contributed by atoms with Crippen molar-refractivity contribution in [1.29, 1.82) is 0 Å². The second kappa shape index (κ2) is 10.4. The maximum atomic E-state index is 13.1. The average molecular weight is 460 g/mol. The molecule has 3 aliphatic heterocycles. The lowest BCUT2D eigenvalue weighted by Gasteiger charge is -2.39. The molecule has 0 bridgehead atoms. The maximum Gasteiger partial charge on any atom is 0.254 e. The number of hydrogen-bond donors (Lipinski definition) is 0. The summed E-state index contributed by atoms with van der Waals surface area (Å²) in [5, 5.41) is 0. The lowest BCUT2D eigenvalue weighted by Crippen LogP contribution is -2.54. The number of benzene rings is 1. The lowest BCUT2D eigenvalue weighted by atomic mass is 9.94. The number of hydrogen-bond acceptors (Lipinski definition) is 6. The fourth-order valence-electron chi connectivity index (χ4n) is 4.82. The molecule has 0 aromatic heterocycles. The summed E-state index contributed by atoms with van der Waals surface area (Å²) in [6.45, 7) is 3.94. The minimum atomic E-state index is -0.307. The average Bonchev–Trinajstić information content (AvgIpc) is 3.42. The Hall–Kier alpha value is -2.81. The van der Waals surface area contributed by atoms with Gasteiger partial charge in [0.25, 0.3) is 11.8 Å². The zero-order valence-electron chi connectivity index (χ0n) is 19.5. The van der Waals surface area contributed by atoms with Gasteiger partial charge in [-0.3, -0.25) is 14.4 Å². The molecule has 3 aliphatic rings. The van der Waals surface area contributed by atoms with Gasteiger partial charge >= 0.3 is 0 Å². The van der Waals surface area contributed by atoms with E-state index in [1.807, 2.05) is 9.80 Å². The van der Waals surface area contributed by atoms with E-state index < -0.39 is 0 Å². The highest BCUT2D eigenvalue weighted by atomic mass is 16.5. The van der Waals surface area contributed by atoms with Crippen LogP contribution in [0.15, 0.2) is 18.2 Å². The van der Waals surface area contributed by atoms with Crippen LogP contribution >= 0.6 is 0 Å². The molecular formula is C24H33N3O6. The Bertz CT molecular complexity index is 847. The van der Waals surface area contributed by atoms with Gasteiger partial charge in [0.05, 0.1) is 14.2 Å². The van der Waals surface area contributed by atoms with Crippen LogP contribution in [0.5, 0.6) is 11.5 Å². The number of carbonyl (C=O) groups excluding carboxylic acids is 3. The molecule has 9 heteroatoms. The molecule has 1 atom stereocenters. The van der Waals surface area contributed by atoms with E-state index in [0.717, 1.165) is 12.8 Å². The molecule has 180 valence electrons. The van der Waals surface area contributed by atoms with Crippen molar-refractivity contribution in [2.75, 3.05) is 60.1 Å². The Kier molecular flexibility index (Phi) is 7.37. The zero-order chi connectivity index (χ0) is 23.4. The van der Waals surface area contributed by atoms with Gasteiger partial charge in [0.1, 0.15) is 17.6 Å². The lowest BCUT2D eigenvalue weighted by molar-refractivity contribution is -0.147. The summed E-state index contributed by atoms with van der Waals surface area (Å²) in [6, 6.07) is 5.15. The molecule has 0 spiro atoms. The monoisotopic (exact) mass is 459 g/mol. The van der Waals surface area contributed by atoms with E-state index in [9.17, 15) is 14.4 Å². The topological polar surface area (TPSA) is 88.6 Å². The Balaban J connectivity index is 1.27. The third-order valence-electron chi connectivity index (χ3n) is 6.84. The molecule has 0 aliphatic carbocycles. The summed E-state index contributed by atoms with van der Waals surface area (Å²) in [5.74, 6) is 1.16. The quantitative estimate of drug-likeness (QED) is 0.662. The number of nitrogens with zero attached hydrogens (tertiary/aromatic N) is 3. The Morgan fingerprint density at radius 3 is 1.88 bits per heavy atom. The molecule has 0 radical (unpaired) electrons. The first-order valence-electron chi connectivity index (χ1n) is 11.7. The minimum absolute atomic E-state index is 0.0561. The van der Waals surface area contributed by atoms with Crippen LogP contribution in [0.2, 0.25) is 0 Å². The first kappa shape index (κ1) is 23.4.